The van der Waals surface area contributed by atoms with Crippen LogP contribution in [0.5, 0.6) is 0 Å². The molecule has 0 aliphatic carbocycles. The Balaban J connectivity index is 4.09. The Morgan fingerprint density at radius 1 is 1.29 bits per heavy atom. The molecule has 0 unspecified atom stereocenters. The van der Waals surface area contributed by atoms with Crippen molar-refractivity contribution in [3.63, 3.8) is 0 Å². The molecule has 0 N–H and O–H groups in total. The average molecular weight is 243 g/mol. The Bertz CT molecular complexity index is 208. The van der Waals surface area contributed by atoms with E-state index >= 15 is 0 Å². The van der Waals surface area contributed by atoms with Gasteiger partial charge in [0.1, 0.15) is 6.61 Å². The van der Waals surface area contributed by atoms with E-state index in [9.17, 15) is 9.59 Å². The van der Waals surface area contributed by atoms with Crippen molar-refractivity contribution < 1.29 is 19.1 Å². The molecule has 0 saturated carbocycles. The summed E-state index contributed by atoms with van der Waals surface area (Å²) in [5, 5.41) is -0.570. The predicted octanol–water partition coefficient (Wildman–Crippen LogP) is 1.33. The molecular weight excluding hydrogens is 231 g/mol. The Kier molecular flexibility index (Phi) is 6.66. The van der Waals surface area contributed by atoms with Crippen LogP contribution in [-0.4, -0.2) is 35.9 Å². The van der Waals surface area contributed by atoms with Crippen LogP contribution in [-0.2, 0) is 19.1 Å². The Hall–Kier alpha value is -0.480. The van der Waals surface area contributed by atoms with E-state index in [1.165, 1.54) is 13.8 Å². The molecule has 0 aliphatic rings. The highest BCUT2D eigenvalue weighted by Gasteiger charge is 2.22. The minimum atomic E-state index is -0.699. The molecule has 0 aromatic rings. The molecule has 0 bridgehead atoms. The zero-order chi connectivity index (χ0) is 11.1. The van der Waals surface area contributed by atoms with Gasteiger partial charge in [-0.3, -0.25) is 9.59 Å². The highest BCUT2D eigenvalue weighted by molar-refractivity contribution is 6.28. The summed E-state index contributed by atoms with van der Waals surface area (Å²) < 4.78 is 9.49. The topological polar surface area (TPSA) is 52.6 Å². The van der Waals surface area contributed by atoms with Crippen molar-refractivity contribution in [2.24, 2.45) is 0 Å². The summed E-state index contributed by atoms with van der Waals surface area (Å²) in [6.07, 6.45) is -0.699. The van der Waals surface area contributed by atoms with E-state index in [0.29, 0.717) is 0 Å². The molecule has 0 heterocycles. The molecule has 6 heteroatoms. The largest absolute Gasteiger partial charge is 0.462 e. The summed E-state index contributed by atoms with van der Waals surface area (Å²) in [7, 11) is 0. The number of alkyl halides is 2. The number of halogens is 2. The lowest BCUT2D eigenvalue weighted by molar-refractivity contribution is -0.156. The third kappa shape index (κ3) is 6.05. The normalized spacial score (nSPS) is 14.3. The zero-order valence-corrected chi connectivity index (χ0v) is 9.47. The number of esters is 2. The van der Waals surface area contributed by atoms with Crippen LogP contribution in [0.15, 0.2) is 0 Å². The van der Waals surface area contributed by atoms with Gasteiger partial charge in [0, 0.05) is 19.7 Å². The van der Waals surface area contributed by atoms with Crippen molar-refractivity contribution in [3.05, 3.63) is 0 Å². The number of carbonyl (C=O) groups is 2. The first-order valence-electron chi connectivity index (χ1n) is 3.98. The molecule has 82 valence electrons. The van der Waals surface area contributed by atoms with Crippen molar-refractivity contribution in [2.75, 3.05) is 12.5 Å². The fraction of sp³-hybridized carbons (Fsp3) is 0.750. The van der Waals surface area contributed by atoms with Crippen LogP contribution in [0.1, 0.15) is 13.8 Å². The third-order valence-electron chi connectivity index (χ3n) is 1.32. The van der Waals surface area contributed by atoms with Crippen LogP contribution in [0, 0.1) is 0 Å². The van der Waals surface area contributed by atoms with Crippen LogP contribution >= 0.6 is 23.2 Å². The SMILES string of the molecule is CC(=O)OC[C@H](OC(C)=O)[C@@H](Cl)CCl. The first kappa shape index (κ1) is 13.5. The quantitative estimate of drug-likeness (QED) is 0.540. The maximum Gasteiger partial charge on any atom is 0.303 e. The highest BCUT2D eigenvalue weighted by atomic mass is 35.5. The summed E-state index contributed by atoms with van der Waals surface area (Å²) in [6.45, 7) is 2.43. The summed E-state index contributed by atoms with van der Waals surface area (Å²) in [4.78, 5) is 21.2. The lowest BCUT2D eigenvalue weighted by Gasteiger charge is -2.19. The Morgan fingerprint density at radius 3 is 2.21 bits per heavy atom. The van der Waals surface area contributed by atoms with Gasteiger partial charge in [-0.05, 0) is 0 Å². The van der Waals surface area contributed by atoms with Crippen molar-refractivity contribution in [3.8, 4) is 0 Å². The van der Waals surface area contributed by atoms with Gasteiger partial charge in [0.25, 0.3) is 0 Å². The van der Waals surface area contributed by atoms with Gasteiger partial charge in [0.15, 0.2) is 6.10 Å². The second kappa shape index (κ2) is 6.90. The molecule has 0 aliphatic heterocycles. The number of ether oxygens (including phenoxy) is 2. The number of hydrogen-bond donors (Lipinski definition) is 0. The molecular formula is C8H12Cl2O4. The van der Waals surface area contributed by atoms with Crippen LogP contribution < -0.4 is 0 Å². The van der Waals surface area contributed by atoms with Crippen molar-refractivity contribution in [2.45, 2.75) is 25.3 Å². The summed E-state index contributed by atoms with van der Waals surface area (Å²) in [6, 6.07) is 0. The van der Waals surface area contributed by atoms with Gasteiger partial charge >= 0.3 is 11.9 Å². The molecule has 2 atom stereocenters. The van der Waals surface area contributed by atoms with Gasteiger partial charge in [0.05, 0.1) is 5.38 Å². The molecule has 0 aromatic heterocycles. The van der Waals surface area contributed by atoms with Crippen LogP contribution in [0.3, 0.4) is 0 Å². The maximum atomic E-state index is 10.7. The lowest BCUT2D eigenvalue weighted by atomic mass is 10.3. The van der Waals surface area contributed by atoms with E-state index in [-0.39, 0.29) is 12.5 Å². The van der Waals surface area contributed by atoms with Gasteiger partial charge in [-0.1, -0.05) is 0 Å². The molecule has 0 radical (unpaired) electrons. The summed E-state index contributed by atoms with van der Waals surface area (Å²) in [5.74, 6) is -0.834. The summed E-state index contributed by atoms with van der Waals surface area (Å²) in [5.41, 5.74) is 0. The molecule has 4 nitrogen and oxygen atoms in total. The smallest absolute Gasteiger partial charge is 0.303 e. The number of hydrogen-bond acceptors (Lipinski definition) is 4. The van der Waals surface area contributed by atoms with Crippen molar-refractivity contribution >= 4 is 35.1 Å². The first-order chi connectivity index (χ1) is 6.47. The van der Waals surface area contributed by atoms with E-state index in [1.807, 2.05) is 0 Å². The molecule has 0 aromatic carbocycles. The molecule has 0 amide bonds. The van der Waals surface area contributed by atoms with Crippen LogP contribution in [0.25, 0.3) is 0 Å². The van der Waals surface area contributed by atoms with Crippen LogP contribution in [0.4, 0.5) is 0 Å². The van der Waals surface area contributed by atoms with Gasteiger partial charge in [-0.15, -0.1) is 23.2 Å². The van der Waals surface area contributed by atoms with E-state index < -0.39 is 23.4 Å². The molecule has 0 saturated heterocycles. The molecule has 0 rings (SSSR count). The van der Waals surface area contributed by atoms with E-state index in [2.05, 4.69) is 4.74 Å². The first-order valence-corrected chi connectivity index (χ1v) is 4.95. The van der Waals surface area contributed by atoms with Gasteiger partial charge in [0.2, 0.25) is 0 Å². The van der Waals surface area contributed by atoms with E-state index in [1.54, 1.807) is 0 Å². The van der Waals surface area contributed by atoms with Gasteiger partial charge in [-0.25, -0.2) is 0 Å². The van der Waals surface area contributed by atoms with Crippen molar-refractivity contribution in [1.82, 2.24) is 0 Å². The number of carbonyl (C=O) groups excluding carboxylic acids is 2. The van der Waals surface area contributed by atoms with E-state index in [0.717, 1.165) is 0 Å². The maximum absolute atomic E-state index is 10.7. The van der Waals surface area contributed by atoms with E-state index in [4.69, 9.17) is 27.9 Å². The molecule has 0 spiro atoms. The second-order valence-corrected chi connectivity index (χ2v) is 3.49. The fourth-order valence-corrected chi connectivity index (χ4v) is 1.05. The zero-order valence-electron chi connectivity index (χ0n) is 7.96. The lowest BCUT2D eigenvalue weighted by Crippen LogP contribution is -2.33. The monoisotopic (exact) mass is 242 g/mol. The van der Waals surface area contributed by atoms with Crippen molar-refractivity contribution in [1.29, 1.82) is 0 Å². The second-order valence-electron chi connectivity index (χ2n) is 2.62. The minimum absolute atomic E-state index is 0.0736. The van der Waals surface area contributed by atoms with Gasteiger partial charge in [-0.2, -0.15) is 0 Å². The van der Waals surface area contributed by atoms with Crippen LogP contribution in [0.2, 0.25) is 0 Å². The van der Waals surface area contributed by atoms with Gasteiger partial charge < -0.3 is 9.47 Å². The summed E-state index contributed by atoms with van der Waals surface area (Å²) >= 11 is 11.2. The highest BCUT2D eigenvalue weighted by Crippen LogP contribution is 2.10. The molecule has 0 fully saturated rings. The molecule has 14 heavy (non-hydrogen) atoms. The standard InChI is InChI=1S/C8H12Cl2O4/c1-5(11)13-4-8(7(10)3-9)14-6(2)12/h7-8H,3-4H2,1-2H3/t7-,8-/m0/s1. The Labute approximate surface area is 92.5 Å². The average Bonchev–Trinajstić information content (AvgIpc) is 2.10. The predicted molar refractivity (Wildman–Crippen MR) is 52.5 cm³/mol. The third-order valence-corrected chi connectivity index (χ3v) is 2.24. The number of rotatable bonds is 5. The fourth-order valence-electron chi connectivity index (χ4n) is 0.724. The Morgan fingerprint density at radius 2 is 1.86 bits per heavy atom. The minimum Gasteiger partial charge on any atom is -0.462 e.